The zero-order valence-electron chi connectivity index (χ0n) is 24.0. The molecule has 0 aliphatic carbocycles. The van der Waals surface area contributed by atoms with Gasteiger partial charge in [0.1, 0.15) is 18.3 Å². The molecule has 0 saturated heterocycles. The fourth-order valence-electron chi connectivity index (χ4n) is 4.33. The smallest absolute Gasteiger partial charge is 0.264 e. The summed E-state index contributed by atoms with van der Waals surface area (Å²) >= 11 is 16.3. The lowest BCUT2D eigenvalue weighted by Gasteiger charge is -2.34. The number of rotatable bonds is 12. The second-order valence-electron chi connectivity index (χ2n) is 9.95. The number of hydrogen-bond donors (Lipinski definition) is 1. The van der Waals surface area contributed by atoms with Crippen molar-refractivity contribution in [3.05, 3.63) is 86.3 Å². The molecule has 42 heavy (non-hydrogen) atoms. The van der Waals surface area contributed by atoms with Gasteiger partial charge >= 0.3 is 0 Å². The molecule has 3 aromatic carbocycles. The van der Waals surface area contributed by atoms with Crippen LogP contribution in [0, 0.1) is 6.92 Å². The van der Waals surface area contributed by atoms with E-state index in [-0.39, 0.29) is 35.5 Å². The quantitative estimate of drug-likeness (QED) is 0.230. The van der Waals surface area contributed by atoms with Crippen LogP contribution in [-0.4, -0.2) is 50.9 Å². The summed E-state index contributed by atoms with van der Waals surface area (Å²) in [5, 5.41) is 3.51. The van der Waals surface area contributed by atoms with Crippen LogP contribution < -0.4 is 14.4 Å². The summed E-state index contributed by atoms with van der Waals surface area (Å²) in [5.74, 6) is -0.516. The second kappa shape index (κ2) is 14.6. The Labute approximate surface area is 266 Å². The van der Waals surface area contributed by atoms with Crippen LogP contribution in [0.1, 0.15) is 38.3 Å². The molecule has 0 heterocycles. The lowest BCUT2D eigenvalue weighted by molar-refractivity contribution is -0.140. The summed E-state index contributed by atoms with van der Waals surface area (Å²) < 4.78 is 34.9. The SMILES string of the molecule is CC[C@H](C(=O)NC(C)C)N(Cc1c(Cl)cccc1Cl)C(=O)CN(c1ccc(C)cc1)S(=O)(=O)c1ccc(OC)c(Br)c1. The number of carbonyl (C=O) groups is 2. The average molecular weight is 699 g/mol. The first-order chi connectivity index (χ1) is 19.8. The van der Waals surface area contributed by atoms with Gasteiger partial charge in [-0.25, -0.2) is 8.42 Å². The minimum absolute atomic E-state index is 0.0474. The fourth-order valence-corrected chi connectivity index (χ4v) is 6.98. The van der Waals surface area contributed by atoms with Crippen molar-refractivity contribution in [2.75, 3.05) is 18.0 Å². The van der Waals surface area contributed by atoms with Gasteiger partial charge in [-0.15, -0.1) is 0 Å². The van der Waals surface area contributed by atoms with Crippen molar-refractivity contribution in [1.29, 1.82) is 0 Å². The predicted molar refractivity (Wildman–Crippen MR) is 171 cm³/mol. The van der Waals surface area contributed by atoms with Gasteiger partial charge in [-0.2, -0.15) is 0 Å². The van der Waals surface area contributed by atoms with E-state index in [0.29, 0.717) is 25.8 Å². The second-order valence-corrected chi connectivity index (χ2v) is 13.5. The van der Waals surface area contributed by atoms with Gasteiger partial charge in [-0.3, -0.25) is 13.9 Å². The zero-order chi connectivity index (χ0) is 31.2. The highest BCUT2D eigenvalue weighted by molar-refractivity contribution is 9.10. The first-order valence-corrected chi connectivity index (χ1v) is 16.2. The molecule has 0 bridgehead atoms. The minimum atomic E-state index is -4.26. The Kier molecular flexibility index (Phi) is 11.7. The Morgan fingerprint density at radius 1 is 1.02 bits per heavy atom. The third-order valence-corrected chi connectivity index (χ3v) is 9.62. The molecule has 8 nitrogen and oxygen atoms in total. The van der Waals surface area contributed by atoms with E-state index >= 15 is 0 Å². The van der Waals surface area contributed by atoms with Gasteiger partial charge in [0.05, 0.1) is 22.2 Å². The van der Waals surface area contributed by atoms with Crippen molar-refractivity contribution in [1.82, 2.24) is 10.2 Å². The Morgan fingerprint density at radius 3 is 2.17 bits per heavy atom. The molecular formula is C30H34BrCl2N3O5S. The molecule has 1 N–H and O–H groups in total. The van der Waals surface area contributed by atoms with Crippen LogP contribution >= 0.6 is 39.1 Å². The van der Waals surface area contributed by atoms with Gasteiger partial charge in [0, 0.05) is 28.2 Å². The molecule has 3 aromatic rings. The van der Waals surface area contributed by atoms with E-state index in [2.05, 4.69) is 21.2 Å². The van der Waals surface area contributed by atoms with Crippen LogP contribution in [0.15, 0.2) is 70.0 Å². The van der Waals surface area contributed by atoms with Gasteiger partial charge in [0.15, 0.2) is 0 Å². The van der Waals surface area contributed by atoms with E-state index in [1.54, 1.807) is 49.4 Å². The van der Waals surface area contributed by atoms with Gasteiger partial charge < -0.3 is 15.0 Å². The molecule has 0 radical (unpaired) electrons. The number of benzene rings is 3. The Balaban J connectivity index is 2.12. The topological polar surface area (TPSA) is 96.0 Å². The Bertz CT molecular complexity index is 1510. The van der Waals surface area contributed by atoms with Crippen LogP contribution in [0.25, 0.3) is 0 Å². The molecule has 0 fully saturated rings. The lowest BCUT2D eigenvalue weighted by atomic mass is 10.1. The van der Waals surface area contributed by atoms with Crippen LogP contribution in [-0.2, 0) is 26.2 Å². The molecule has 0 aromatic heterocycles. The molecule has 226 valence electrons. The third-order valence-electron chi connectivity index (χ3n) is 6.52. The number of nitrogens with one attached hydrogen (secondary N) is 1. The normalized spacial score (nSPS) is 12.1. The number of sulfonamides is 1. The first kappa shape index (κ1) is 33.7. The van der Waals surface area contributed by atoms with E-state index in [1.807, 2.05) is 20.8 Å². The number of amides is 2. The number of ether oxygens (including phenoxy) is 1. The van der Waals surface area contributed by atoms with Gasteiger partial charge in [-0.05, 0) is 85.6 Å². The third kappa shape index (κ3) is 7.98. The average Bonchev–Trinajstić information content (AvgIpc) is 2.93. The molecule has 0 saturated carbocycles. The maximum absolute atomic E-state index is 14.2. The van der Waals surface area contributed by atoms with Crippen molar-refractivity contribution in [2.24, 2.45) is 0 Å². The summed E-state index contributed by atoms with van der Waals surface area (Å²) in [6, 6.07) is 15.0. The summed E-state index contributed by atoms with van der Waals surface area (Å²) in [7, 11) is -2.78. The van der Waals surface area contributed by atoms with Crippen LogP contribution in [0.3, 0.4) is 0 Å². The fraction of sp³-hybridized carbons (Fsp3) is 0.333. The van der Waals surface area contributed by atoms with Crippen molar-refractivity contribution in [3.63, 3.8) is 0 Å². The van der Waals surface area contributed by atoms with E-state index in [1.165, 1.54) is 30.2 Å². The van der Waals surface area contributed by atoms with Crippen LogP contribution in [0.5, 0.6) is 5.75 Å². The molecule has 1 atom stereocenters. The van der Waals surface area contributed by atoms with Crippen LogP contribution in [0.4, 0.5) is 5.69 Å². The summed E-state index contributed by atoms with van der Waals surface area (Å²) in [4.78, 5) is 28.8. The van der Waals surface area contributed by atoms with E-state index in [4.69, 9.17) is 27.9 Å². The zero-order valence-corrected chi connectivity index (χ0v) is 27.9. The number of halogens is 3. The monoisotopic (exact) mass is 697 g/mol. The highest BCUT2D eigenvalue weighted by atomic mass is 79.9. The standard InChI is InChI=1S/C30H34BrCl2N3O5S/c1-6-27(30(38)34-19(2)3)35(17-23-25(32)8-7-9-26(23)33)29(37)18-36(21-12-10-20(4)11-13-21)42(39,40)22-14-15-28(41-5)24(31)16-22/h7-16,19,27H,6,17-18H2,1-5H3,(H,34,38)/t27-/m1/s1. The Morgan fingerprint density at radius 2 is 1.64 bits per heavy atom. The van der Waals surface area contributed by atoms with Crippen molar-refractivity contribution in [2.45, 2.75) is 57.6 Å². The summed E-state index contributed by atoms with van der Waals surface area (Å²) in [6.07, 6.45) is 0.273. The summed E-state index contributed by atoms with van der Waals surface area (Å²) in [6.45, 7) is 6.62. The minimum Gasteiger partial charge on any atom is -0.496 e. The highest BCUT2D eigenvalue weighted by Gasteiger charge is 2.34. The van der Waals surface area contributed by atoms with Crippen LogP contribution in [0.2, 0.25) is 10.0 Å². The van der Waals surface area contributed by atoms with Crippen molar-refractivity contribution in [3.8, 4) is 5.75 Å². The van der Waals surface area contributed by atoms with Crippen molar-refractivity contribution < 1.29 is 22.7 Å². The molecule has 0 unspecified atom stereocenters. The lowest BCUT2D eigenvalue weighted by Crippen LogP contribution is -2.53. The predicted octanol–water partition coefficient (Wildman–Crippen LogP) is 6.60. The number of anilines is 1. The van der Waals surface area contributed by atoms with Gasteiger partial charge in [0.25, 0.3) is 10.0 Å². The maximum Gasteiger partial charge on any atom is 0.264 e. The molecule has 2 amide bonds. The number of methoxy groups -OCH3 is 1. The number of carbonyl (C=O) groups excluding carboxylic acids is 2. The highest BCUT2D eigenvalue weighted by Crippen LogP contribution is 2.32. The first-order valence-electron chi connectivity index (χ1n) is 13.3. The van der Waals surface area contributed by atoms with Gasteiger partial charge in [-0.1, -0.05) is 53.9 Å². The molecular weight excluding hydrogens is 665 g/mol. The maximum atomic E-state index is 14.2. The van der Waals surface area contributed by atoms with Crippen molar-refractivity contribution >= 4 is 66.7 Å². The van der Waals surface area contributed by atoms with Gasteiger partial charge in [0.2, 0.25) is 11.8 Å². The molecule has 0 aliphatic heterocycles. The number of aryl methyl sites for hydroxylation is 1. The summed E-state index contributed by atoms with van der Waals surface area (Å²) in [5.41, 5.74) is 1.66. The number of hydrogen-bond acceptors (Lipinski definition) is 5. The Hall–Kier alpha value is -2.79. The van der Waals surface area contributed by atoms with E-state index < -0.39 is 28.5 Å². The van der Waals surface area contributed by atoms with E-state index in [9.17, 15) is 18.0 Å². The van der Waals surface area contributed by atoms with E-state index in [0.717, 1.165) is 9.87 Å². The number of nitrogens with zero attached hydrogens (tertiary/aromatic N) is 2. The largest absolute Gasteiger partial charge is 0.496 e. The molecule has 0 aliphatic rings. The molecule has 3 rings (SSSR count). The molecule has 12 heteroatoms. The molecule has 0 spiro atoms.